The van der Waals surface area contributed by atoms with Gasteiger partial charge in [-0.3, -0.25) is 9.48 Å². The van der Waals surface area contributed by atoms with Crippen molar-refractivity contribution in [1.82, 2.24) is 9.78 Å². The number of aryl methyl sites for hydroxylation is 2. The standard InChI is InChI=1S/C18H22N2O/c1-5-20-12-17(14(4)19-20)10-11-18(21)16-8-6-15(7-9-16)13(2)3/h6-13H,5H2,1-4H3/b11-10+. The summed E-state index contributed by atoms with van der Waals surface area (Å²) in [6, 6.07) is 7.83. The predicted octanol–water partition coefficient (Wildman–Crippen LogP) is 4.23. The number of carbonyl (C=O) groups excluding carboxylic acids is 1. The highest BCUT2D eigenvalue weighted by atomic mass is 16.1. The van der Waals surface area contributed by atoms with Gasteiger partial charge in [-0.05, 0) is 37.5 Å². The monoisotopic (exact) mass is 282 g/mol. The molecule has 2 aromatic rings. The summed E-state index contributed by atoms with van der Waals surface area (Å²) in [7, 11) is 0. The third kappa shape index (κ3) is 3.69. The van der Waals surface area contributed by atoms with Crippen LogP contribution in [-0.4, -0.2) is 15.6 Å². The van der Waals surface area contributed by atoms with Crippen LogP contribution >= 0.6 is 0 Å². The second-order valence-electron chi connectivity index (χ2n) is 5.50. The topological polar surface area (TPSA) is 34.9 Å². The molecule has 0 N–H and O–H groups in total. The average molecular weight is 282 g/mol. The number of nitrogens with zero attached hydrogens (tertiary/aromatic N) is 2. The van der Waals surface area contributed by atoms with Gasteiger partial charge in [0.05, 0.1) is 5.69 Å². The Morgan fingerprint density at radius 1 is 1.29 bits per heavy atom. The first kappa shape index (κ1) is 15.2. The molecule has 0 atom stereocenters. The Hall–Kier alpha value is -2.16. The number of benzene rings is 1. The van der Waals surface area contributed by atoms with Crippen LogP contribution in [0.5, 0.6) is 0 Å². The largest absolute Gasteiger partial charge is 0.289 e. The van der Waals surface area contributed by atoms with Crippen LogP contribution in [0, 0.1) is 6.92 Å². The van der Waals surface area contributed by atoms with Gasteiger partial charge in [0.1, 0.15) is 0 Å². The number of aromatic nitrogens is 2. The van der Waals surface area contributed by atoms with E-state index in [0.29, 0.717) is 5.92 Å². The van der Waals surface area contributed by atoms with Crippen molar-refractivity contribution >= 4 is 11.9 Å². The van der Waals surface area contributed by atoms with Crippen molar-refractivity contribution in [2.45, 2.75) is 40.2 Å². The van der Waals surface area contributed by atoms with E-state index in [0.717, 1.165) is 23.4 Å². The number of hydrogen-bond donors (Lipinski definition) is 0. The number of hydrogen-bond acceptors (Lipinski definition) is 2. The van der Waals surface area contributed by atoms with E-state index in [-0.39, 0.29) is 5.78 Å². The molecule has 0 aliphatic rings. The van der Waals surface area contributed by atoms with Crippen molar-refractivity contribution in [3.63, 3.8) is 0 Å². The SMILES string of the molecule is CCn1cc(/C=C/C(=O)c2ccc(C(C)C)cc2)c(C)n1. The van der Waals surface area contributed by atoms with Gasteiger partial charge in [-0.25, -0.2) is 0 Å². The molecule has 3 nitrogen and oxygen atoms in total. The molecule has 0 bridgehead atoms. The average Bonchev–Trinajstić information content (AvgIpc) is 2.85. The molecule has 0 spiro atoms. The third-order valence-corrected chi connectivity index (χ3v) is 3.58. The first-order valence-corrected chi connectivity index (χ1v) is 7.37. The molecule has 0 amide bonds. The Morgan fingerprint density at radius 2 is 1.95 bits per heavy atom. The number of allylic oxidation sites excluding steroid dienone is 1. The molecule has 2 rings (SSSR count). The number of carbonyl (C=O) groups is 1. The van der Waals surface area contributed by atoms with E-state index in [1.54, 1.807) is 6.08 Å². The Morgan fingerprint density at radius 3 is 2.48 bits per heavy atom. The lowest BCUT2D eigenvalue weighted by molar-refractivity contribution is 0.104. The molecule has 1 aromatic heterocycles. The smallest absolute Gasteiger partial charge is 0.185 e. The van der Waals surface area contributed by atoms with Gasteiger partial charge in [0.15, 0.2) is 5.78 Å². The molecule has 0 saturated carbocycles. The van der Waals surface area contributed by atoms with Crippen LogP contribution in [0.3, 0.4) is 0 Å². The van der Waals surface area contributed by atoms with Gasteiger partial charge in [-0.1, -0.05) is 38.1 Å². The second-order valence-corrected chi connectivity index (χ2v) is 5.50. The van der Waals surface area contributed by atoms with Gasteiger partial charge in [0.2, 0.25) is 0 Å². The molecule has 0 aliphatic heterocycles. The minimum Gasteiger partial charge on any atom is -0.289 e. The zero-order valence-corrected chi connectivity index (χ0v) is 13.1. The van der Waals surface area contributed by atoms with Crippen molar-refractivity contribution < 1.29 is 4.79 Å². The molecule has 1 aromatic carbocycles. The first-order valence-electron chi connectivity index (χ1n) is 7.37. The maximum absolute atomic E-state index is 12.2. The van der Waals surface area contributed by atoms with E-state index >= 15 is 0 Å². The molecule has 3 heteroatoms. The van der Waals surface area contributed by atoms with E-state index in [4.69, 9.17) is 0 Å². The highest BCUT2D eigenvalue weighted by Crippen LogP contribution is 2.15. The Labute approximate surface area is 126 Å². The Kier molecular flexibility index (Phi) is 4.73. The molecule has 0 saturated heterocycles. The lowest BCUT2D eigenvalue weighted by Gasteiger charge is -2.05. The quantitative estimate of drug-likeness (QED) is 0.607. The predicted molar refractivity (Wildman–Crippen MR) is 86.5 cm³/mol. The third-order valence-electron chi connectivity index (χ3n) is 3.58. The van der Waals surface area contributed by atoms with Crippen LogP contribution in [0.2, 0.25) is 0 Å². The molecule has 0 radical (unpaired) electrons. The fourth-order valence-electron chi connectivity index (χ4n) is 2.15. The summed E-state index contributed by atoms with van der Waals surface area (Å²) in [5.41, 5.74) is 3.90. The zero-order valence-electron chi connectivity index (χ0n) is 13.1. The van der Waals surface area contributed by atoms with Crippen LogP contribution in [0.1, 0.15) is 53.9 Å². The molecule has 0 unspecified atom stereocenters. The molecular weight excluding hydrogens is 260 g/mol. The van der Waals surface area contributed by atoms with E-state index < -0.39 is 0 Å². The highest BCUT2D eigenvalue weighted by molar-refractivity contribution is 6.06. The Bertz CT molecular complexity index is 648. The van der Waals surface area contributed by atoms with Crippen molar-refractivity contribution in [2.75, 3.05) is 0 Å². The van der Waals surface area contributed by atoms with E-state index in [9.17, 15) is 4.79 Å². The molecule has 21 heavy (non-hydrogen) atoms. The lowest BCUT2D eigenvalue weighted by Crippen LogP contribution is -1.95. The van der Waals surface area contributed by atoms with E-state index in [1.165, 1.54) is 5.56 Å². The normalized spacial score (nSPS) is 11.5. The summed E-state index contributed by atoms with van der Waals surface area (Å²) in [5, 5.41) is 4.36. The summed E-state index contributed by atoms with van der Waals surface area (Å²) >= 11 is 0. The van der Waals surface area contributed by atoms with Crippen LogP contribution in [0.4, 0.5) is 0 Å². The van der Waals surface area contributed by atoms with Gasteiger partial charge >= 0.3 is 0 Å². The molecule has 110 valence electrons. The van der Waals surface area contributed by atoms with Crippen LogP contribution in [0.25, 0.3) is 6.08 Å². The summed E-state index contributed by atoms with van der Waals surface area (Å²) in [6.07, 6.45) is 5.42. The maximum atomic E-state index is 12.2. The van der Waals surface area contributed by atoms with Crippen LogP contribution in [-0.2, 0) is 6.54 Å². The van der Waals surface area contributed by atoms with Crippen LogP contribution < -0.4 is 0 Å². The summed E-state index contributed by atoms with van der Waals surface area (Å²) in [4.78, 5) is 12.2. The molecule has 0 fully saturated rings. The van der Waals surface area contributed by atoms with Gasteiger partial charge in [-0.15, -0.1) is 0 Å². The molecular formula is C18H22N2O. The zero-order chi connectivity index (χ0) is 15.4. The summed E-state index contributed by atoms with van der Waals surface area (Å²) in [6.45, 7) is 9.12. The number of rotatable bonds is 5. The Balaban J connectivity index is 2.13. The van der Waals surface area contributed by atoms with Crippen LogP contribution in [0.15, 0.2) is 36.5 Å². The lowest BCUT2D eigenvalue weighted by atomic mass is 10.0. The summed E-state index contributed by atoms with van der Waals surface area (Å²) < 4.78 is 1.87. The maximum Gasteiger partial charge on any atom is 0.185 e. The number of ketones is 1. The van der Waals surface area contributed by atoms with Crippen molar-refractivity contribution in [2.24, 2.45) is 0 Å². The van der Waals surface area contributed by atoms with Gasteiger partial charge < -0.3 is 0 Å². The van der Waals surface area contributed by atoms with Crippen molar-refractivity contribution in [3.8, 4) is 0 Å². The summed E-state index contributed by atoms with van der Waals surface area (Å²) in [5.74, 6) is 0.501. The molecule has 1 heterocycles. The second kappa shape index (κ2) is 6.53. The van der Waals surface area contributed by atoms with E-state index in [1.807, 2.05) is 55.1 Å². The van der Waals surface area contributed by atoms with Gasteiger partial charge in [0.25, 0.3) is 0 Å². The van der Waals surface area contributed by atoms with Gasteiger partial charge in [0, 0.05) is 23.9 Å². The minimum atomic E-state index is 0.0222. The van der Waals surface area contributed by atoms with E-state index in [2.05, 4.69) is 18.9 Å². The fraction of sp³-hybridized carbons (Fsp3) is 0.333. The first-order chi connectivity index (χ1) is 10.0. The van der Waals surface area contributed by atoms with Crippen molar-refractivity contribution in [1.29, 1.82) is 0 Å². The van der Waals surface area contributed by atoms with Gasteiger partial charge in [-0.2, -0.15) is 5.10 Å². The van der Waals surface area contributed by atoms with Crippen molar-refractivity contribution in [3.05, 3.63) is 58.9 Å². The molecule has 0 aliphatic carbocycles. The fourth-order valence-corrected chi connectivity index (χ4v) is 2.15. The highest BCUT2D eigenvalue weighted by Gasteiger charge is 2.05. The minimum absolute atomic E-state index is 0.0222.